The number of imidazole rings is 1. The third-order valence-electron chi connectivity index (χ3n) is 3.17. The lowest BCUT2D eigenvalue weighted by molar-refractivity contribution is 0.776. The third-order valence-corrected chi connectivity index (χ3v) is 3.50. The Morgan fingerprint density at radius 2 is 2.05 bits per heavy atom. The number of para-hydroxylation sites is 1. The van der Waals surface area contributed by atoms with Gasteiger partial charge in [-0.2, -0.15) is 0 Å². The SMILES string of the molecule is Cc1cnc(Cn2c(=S)[nH]c3c(C)cccc32)cn1. The van der Waals surface area contributed by atoms with Gasteiger partial charge in [-0.15, -0.1) is 0 Å². The molecular formula is C14H14N4S. The highest BCUT2D eigenvalue weighted by Gasteiger charge is 2.07. The first-order valence-electron chi connectivity index (χ1n) is 6.11. The topological polar surface area (TPSA) is 46.5 Å². The summed E-state index contributed by atoms with van der Waals surface area (Å²) >= 11 is 5.40. The number of fused-ring (bicyclic) bond motifs is 1. The Kier molecular flexibility index (Phi) is 2.91. The number of H-pyrrole nitrogens is 1. The summed E-state index contributed by atoms with van der Waals surface area (Å²) in [5, 5.41) is 0. The molecule has 0 fully saturated rings. The number of hydrogen-bond acceptors (Lipinski definition) is 3. The number of hydrogen-bond donors (Lipinski definition) is 1. The Balaban J connectivity index is 2.10. The molecule has 0 amide bonds. The van der Waals surface area contributed by atoms with E-state index >= 15 is 0 Å². The predicted octanol–water partition coefficient (Wildman–Crippen LogP) is 3.15. The van der Waals surface area contributed by atoms with E-state index in [0.29, 0.717) is 11.3 Å². The Morgan fingerprint density at radius 3 is 2.79 bits per heavy atom. The van der Waals surface area contributed by atoms with Crippen LogP contribution in [0.3, 0.4) is 0 Å². The molecule has 1 N–H and O–H groups in total. The van der Waals surface area contributed by atoms with E-state index in [9.17, 15) is 0 Å². The molecule has 2 aromatic heterocycles. The molecule has 0 saturated carbocycles. The Bertz CT molecular complexity index is 783. The lowest BCUT2D eigenvalue weighted by Crippen LogP contribution is -2.02. The van der Waals surface area contributed by atoms with E-state index in [-0.39, 0.29) is 0 Å². The summed E-state index contributed by atoms with van der Waals surface area (Å²) in [5.41, 5.74) is 5.21. The number of aromatic amines is 1. The molecular weight excluding hydrogens is 256 g/mol. The first kappa shape index (κ1) is 12.0. The van der Waals surface area contributed by atoms with Crippen LogP contribution >= 0.6 is 12.2 Å². The van der Waals surface area contributed by atoms with Crippen molar-refractivity contribution in [2.75, 3.05) is 0 Å². The molecule has 1 aromatic carbocycles. The summed E-state index contributed by atoms with van der Waals surface area (Å²) in [6, 6.07) is 6.18. The van der Waals surface area contributed by atoms with Gasteiger partial charge in [0.1, 0.15) is 0 Å². The fourth-order valence-electron chi connectivity index (χ4n) is 2.14. The quantitative estimate of drug-likeness (QED) is 0.728. The highest BCUT2D eigenvalue weighted by Crippen LogP contribution is 2.18. The van der Waals surface area contributed by atoms with Crippen LogP contribution in [0.25, 0.3) is 11.0 Å². The number of aromatic nitrogens is 4. The number of benzene rings is 1. The monoisotopic (exact) mass is 270 g/mol. The maximum Gasteiger partial charge on any atom is 0.178 e. The summed E-state index contributed by atoms with van der Waals surface area (Å²) < 4.78 is 2.77. The van der Waals surface area contributed by atoms with Gasteiger partial charge in [0.2, 0.25) is 0 Å². The van der Waals surface area contributed by atoms with Crippen LogP contribution in [0, 0.1) is 18.6 Å². The summed E-state index contributed by atoms with van der Waals surface area (Å²) in [4.78, 5) is 11.9. The van der Waals surface area contributed by atoms with Crippen LogP contribution in [0.1, 0.15) is 17.0 Å². The van der Waals surface area contributed by atoms with E-state index in [1.54, 1.807) is 12.4 Å². The van der Waals surface area contributed by atoms with Gasteiger partial charge >= 0.3 is 0 Å². The molecule has 0 aliphatic heterocycles. The standard InChI is InChI=1S/C14H14N4S/c1-9-4-3-5-12-13(9)17-14(19)18(12)8-11-7-15-10(2)6-16-11/h3-7H,8H2,1-2H3,(H,17,19). The zero-order valence-corrected chi connectivity index (χ0v) is 11.7. The summed E-state index contributed by atoms with van der Waals surface area (Å²) in [6.07, 6.45) is 3.57. The minimum Gasteiger partial charge on any atom is -0.330 e. The van der Waals surface area contributed by atoms with Crippen LogP contribution in [-0.2, 0) is 6.54 Å². The smallest absolute Gasteiger partial charge is 0.178 e. The van der Waals surface area contributed by atoms with Crippen molar-refractivity contribution in [1.29, 1.82) is 0 Å². The van der Waals surface area contributed by atoms with Crippen LogP contribution in [0.15, 0.2) is 30.6 Å². The normalized spacial score (nSPS) is 11.1. The van der Waals surface area contributed by atoms with Crippen molar-refractivity contribution >= 4 is 23.3 Å². The third kappa shape index (κ3) is 2.17. The van der Waals surface area contributed by atoms with Gasteiger partial charge < -0.3 is 9.55 Å². The molecule has 0 aliphatic carbocycles. The molecule has 5 heteroatoms. The lowest BCUT2D eigenvalue weighted by Gasteiger charge is -2.04. The second-order valence-electron chi connectivity index (χ2n) is 4.63. The van der Waals surface area contributed by atoms with Gasteiger partial charge in [-0.1, -0.05) is 12.1 Å². The Hall–Kier alpha value is -2.01. The second-order valence-corrected chi connectivity index (χ2v) is 5.02. The first-order chi connectivity index (χ1) is 9.15. The number of rotatable bonds is 2. The average molecular weight is 270 g/mol. The van der Waals surface area contributed by atoms with Crippen LogP contribution in [-0.4, -0.2) is 19.5 Å². The molecule has 0 bridgehead atoms. The number of aryl methyl sites for hydroxylation is 2. The predicted molar refractivity (Wildman–Crippen MR) is 77.7 cm³/mol. The van der Waals surface area contributed by atoms with Gasteiger partial charge in [0, 0.05) is 6.20 Å². The molecule has 3 aromatic rings. The van der Waals surface area contributed by atoms with Gasteiger partial charge in [0.05, 0.1) is 35.2 Å². The van der Waals surface area contributed by atoms with Crippen LogP contribution in [0.5, 0.6) is 0 Å². The Morgan fingerprint density at radius 1 is 1.21 bits per heavy atom. The largest absolute Gasteiger partial charge is 0.330 e. The molecule has 3 rings (SSSR count). The minimum atomic E-state index is 0.634. The second kappa shape index (κ2) is 4.59. The molecule has 0 spiro atoms. The van der Waals surface area contributed by atoms with Gasteiger partial charge in [0.25, 0.3) is 0 Å². The lowest BCUT2D eigenvalue weighted by atomic mass is 10.2. The molecule has 0 aliphatic rings. The van der Waals surface area contributed by atoms with Gasteiger partial charge in [-0.25, -0.2) is 0 Å². The van der Waals surface area contributed by atoms with Crippen LogP contribution in [0.2, 0.25) is 0 Å². The van der Waals surface area contributed by atoms with Gasteiger partial charge in [-0.3, -0.25) is 9.97 Å². The van der Waals surface area contributed by atoms with E-state index in [1.165, 1.54) is 5.56 Å². The van der Waals surface area contributed by atoms with E-state index in [4.69, 9.17) is 12.2 Å². The summed E-state index contributed by atoms with van der Waals surface area (Å²) in [7, 11) is 0. The maximum atomic E-state index is 5.40. The van der Waals surface area contributed by atoms with E-state index < -0.39 is 0 Å². The molecule has 0 atom stereocenters. The zero-order valence-electron chi connectivity index (χ0n) is 10.8. The minimum absolute atomic E-state index is 0.634. The van der Waals surface area contributed by atoms with Crippen molar-refractivity contribution in [1.82, 2.24) is 19.5 Å². The summed E-state index contributed by atoms with van der Waals surface area (Å²) in [5.74, 6) is 0. The van der Waals surface area contributed by atoms with Crippen molar-refractivity contribution in [2.24, 2.45) is 0 Å². The highest BCUT2D eigenvalue weighted by atomic mass is 32.1. The van der Waals surface area contributed by atoms with Crippen molar-refractivity contribution in [2.45, 2.75) is 20.4 Å². The molecule has 0 saturated heterocycles. The molecule has 4 nitrogen and oxygen atoms in total. The fraction of sp³-hybridized carbons (Fsp3) is 0.214. The van der Waals surface area contributed by atoms with E-state index in [1.807, 2.05) is 13.0 Å². The van der Waals surface area contributed by atoms with E-state index in [0.717, 1.165) is 22.4 Å². The van der Waals surface area contributed by atoms with Crippen molar-refractivity contribution in [3.63, 3.8) is 0 Å². The first-order valence-corrected chi connectivity index (χ1v) is 6.51. The number of nitrogens with zero attached hydrogens (tertiary/aromatic N) is 3. The molecule has 2 heterocycles. The molecule has 96 valence electrons. The number of nitrogens with one attached hydrogen (secondary N) is 1. The van der Waals surface area contributed by atoms with Crippen LogP contribution in [0.4, 0.5) is 0 Å². The zero-order chi connectivity index (χ0) is 13.4. The summed E-state index contributed by atoms with van der Waals surface area (Å²) in [6.45, 7) is 4.64. The maximum absolute atomic E-state index is 5.40. The van der Waals surface area contributed by atoms with Gasteiger partial charge in [-0.05, 0) is 37.7 Å². The molecule has 0 unspecified atom stereocenters. The van der Waals surface area contributed by atoms with Gasteiger partial charge in [0.15, 0.2) is 4.77 Å². The van der Waals surface area contributed by atoms with Crippen molar-refractivity contribution < 1.29 is 0 Å². The Labute approximate surface area is 116 Å². The van der Waals surface area contributed by atoms with Crippen molar-refractivity contribution in [3.05, 3.63) is 52.3 Å². The van der Waals surface area contributed by atoms with E-state index in [2.05, 4.69) is 38.6 Å². The average Bonchev–Trinajstić information content (AvgIpc) is 2.71. The highest BCUT2D eigenvalue weighted by molar-refractivity contribution is 7.71. The van der Waals surface area contributed by atoms with Crippen LogP contribution < -0.4 is 0 Å². The fourth-order valence-corrected chi connectivity index (χ4v) is 2.41. The molecule has 19 heavy (non-hydrogen) atoms. The molecule has 0 radical (unpaired) electrons. The van der Waals surface area contributed by atoms with Crippen molar-refractivity contribution in [3.8, 4) is 0 Å².